The van der Waals surface area contributed by atoms with Crippen LogP contribution in [0.15, 0.2) is 54.9 Å². The number of amides is 1. The van der Waals surface area contributed by atoms with Gasteiger partial charge in [-0.2, -0.15) is 0 Å². The average Bonchev–Trinajstić information content (AvgIpc) is 2.76. The zero-order chi connectivity index (χ0) is 20.4. The second-order valence-electron chi connectivity index (χ2n) is 7.30. The van der Waals surface area contributed by atoms with Crippen LogP contribution in [-0.2, 0) is 0 Å². The van der Waals surface area contributed by atoms with Gasteiger partial charge < -0.3 is 9.80 Å². The number of carbonyl (C=O) groups excluding carboxylic acids is 1. The summed E-state index contributed by atoms with van der Waals surface area (Å²) in [7, 11) is 0. The van der Waals surface area contributed by atoms with Crippen LogP contribution in [0, 0.1) is 13.8 Å². The van der Waals surface area contributed by atoms with Crippen molar-refractivity contribution in [2.75, 3.05) is 31.1 Å². The number of anilines is 1. The van der Waals surface area contributed by atoms with Gasteiger partial charge in [0.2, 0.25) is 0 Å². The Hall–Kier alpha value is -2.92. The van der Waals surface area contributed by atoms with Gasteiger partial charge in [-0.25, -0.2) is 9.97 Å². The third-order valence-electron chi connectivity index (χ3n) is 5.48. The molecular weight excluding hydrogens is 384 g/mol. The lowest BCUT2D eigenvalue weighted by atomic mass is 10.1. The van der Waals surface area contributed by atoms with Crippen molar-refractivity contribution in [3.8, 4) is 11.4 Å². The number of hydrogen-bond acceptors (Lipinski definition) is 4. The summed E-state index contributed by atoms with van der Waals surface area (Å²) in [6, 6.07) is 13.7. The van der Waals surface area contributed by atoms with Crippen LogP contribution >= 0.6 is 11.6 Å². The molecule has 1 aliphatic rings. The van der Waals surface area contributed by atoms with Crippen LogP contribution < -0.4 is 4.90 Å². The molecule has 29 heavy (non-hydrogen) atoms. The summed E-state index contributed by atoms with van der Waals surface area (Å²) >= 11 is 5.92. The molecule has 2 heterocycles. The predicted molar refractivity (Wildman–Crippen MR) is 117 cm³/mol. The van der Waals surface area contributed by atoms with E-state index in [9.17, 15) is 4.79 Å². The molecule has 0 saturated carbocycles. The highest BCUT2D eigenvalue weighted by Gasteiger charge is 2.23. The molecule has 0 unspecified atom stereocenters. The fourth-order valence-electron chi connectivity index (χ4n) is 3.60. The van der Waals surface area contributed by atoms with Crippen LogP contribution in [0.25, 0.3) is 11.4 Å². The smallest absolute Gasteiger partial charge is 0.257 e. The Morgan fingerprint density at radius 2 is 1.59 bits per heavy atom. The summed E-state index contributed by atoms with van der Waals surface area (Å²) in [6.07, 6.45) is 3.21. The van der Waals surface area contributed by atoms with Crippen LogP contribution in [0.3, 0.4) is 0 Å². The number of aromatic nitrogens is 2. The molecule has 1 fully saturated rings. The molecule has 1 saturated heterocycles. The van der Waals surface area contributed by atoms with Gasteiger partial charge in [0.15, 0.2) is 5.82 Å². The molecule has 0 aliphatic carbocycles. The Bertz CT molecular complexity index is 1010. The SMILES string of the molecule is Cc1cccc(N2CCN(C(=O)c3cnc(-c4ccc(Cl)cc4)nc3)CC2)c1C. The molecule has 0 radical (unpaired) electrons. The number of halogens is 1. The fraction of sp³-hybridized carbons (Fsp3) is 0.261. The molecule has 0 bridgehead atoms. The zero-order valence-corrected chi connectivity index (χ0v) is 17.4. The lowest BCUT2D eigenvalue weighted by molar-refractivity contribution is 0.0746. The van der Waals surface area contributed by atoms with Crippen molar-refractivity contribution in [3.63, 3.8) is 0 Å². The molecule has 6 heteroatoms. The summed E-state index contributed by atoms with van der Waals surface area (Å²) in [5.41, 5.74) is 5.24. The van der Waals surface area contributed by atoms with E-state index in [1.807, 2.05) is 17.0 Å². The van der Waals surface area contributed by atoms with Crippen molar-refractivity contribution < 1.29 is 4.79 Å². The number of piperazine rings is 1. The monoisotopic (exact) mass is 406 g/mol. The third-order valence-corrected chi connectivity index (χ3v) is 5.74. The fourth-order valence-corrected chi connectivity index (χ4v) is 3.72. The lowest BCUT2D eigenvalue weighted by Gasteiger charge is -2.37. The standard InChI is InChI=1S/C23H23ClN4O/c1-16-4-3-5-21(17(16)2)27-10-12-28(13-11-27)23(29)19-14-25-22(26-15-19)18-6-8-20(24)9-7-18/h3-9,14-15H,10-13H2,1-2H3. The minimum atomic E-state index is -0.0201. The van der Waals surface area contributed by atoms with Gasteiger partial charge in [-0.3, -0.25) is 4.79 Å². The maximum Gasteiger partial charge on any atom is 0.257 e. The highest BCUT2D eigenvalue weighted by Crippen LogP contribution is 2.24. The maximum atomic E-state index is 12.9. The third kappa shape index (κ3) is 4.10. The Morgan fingerprint density at radius 1 is 0.931 bits per heavy atom. The highest BCUT2D eigenvalue weighted by atomic mass is 35.5. The summed E-state index contributed by atoms with van der Waals surface area (Å²) < 4.78 is 0. The van der Waals surface area contributed by atoms with Gasteiger partial charge in [-0.1, -0.05) is 23.7 Å². The summed E-state index contributed by atoms with van der Waals surface area (Å²) in [5, 5.41) is 0.667. The van der Waals surface area contributed by atoms with Crippen LogP contribution in [0.5, 0.6) is 0 Å². The molecule has 3 aromatic rings. The van der Waals surface area contributed by atoms with E-state index < -0.39 is 0 Å². The molecule has 0 N–H and O–H groups in total. The molecule has 1 aromatic heterocycles. The van der Waals surface area contributed by atoms with Crippen molar-refractivity contribution in [2.24, 2.45) is 0 Å². The van der Waals surface area contributed by atoms with E-state index in [2.05, 4.69) is 46.9 Å². The second kappa shape index (κ2) is 8.21. The number of aryl methyl sites for hydroxylation is 1. The first-order valence-electron chi connectivity index (χ1n) is 9.71. The topological polar surface area (TPSA) is 49.3 Å². The summed E-state index contributed by atoms with van der Waals surface area (Å²) in [5.74, 6) is 0.561. The van der Waals surface area contributed by atoms with Gasteiger partial charge in [0.1, 0.15) is 0 Å². The number of nitrogens with zero attached hydrogens (tertiary/aromatic N) is 4. The minimum Gasteiger partial charge on any atom is -0.368 e. The van der Waals surface area contributed by atoms with Crippen LogP contribution in [-0.4, -0.2) is 47.0 Å². The largest absolute Gasteiger partial charge is 0.368 e. The van der Waals surface area contributed by atoms with Crippen LogP contribution in [0.2, 0.25) is 5.02 Å². The van der Waals surface area contributed by atoms with E-state index in [4.69, 9.17) is 11.6 Å². The number of benzene rings is 2. The Labute approximate surface area is 176 Å². The molecule has 0 spiro atoms. The number of hydrogen-bond donors (Lipinski definition) is 0. The van der Waals surface area contributed by atoms with Crippen molar-refractivity contribution in [1.82, 2.24) is 14.9 Å². The van der Waals surface area contributed by atoms with E-state index in [0.29, 0.717) is 29.5 Å². The summed E-state index contributed by atoms with van der Waals surface area (Å²) in [4.78, 5) is 25.8. The Morgan fingerprint density at radius 3 is 2.24 bits per heavy atom. The van der Waals surface area contributed by atoms with Gasteiger partial charge in [-0.15, -0.1) is 0 Å². The zero-order valence-electron chi connectivity index (χ0n) is 16.6. The normalized spacial score (nSPS) is 14.2. The van der Waals surface area contributed by atoms with Gasteiger partial charge >= 0.3 is 0 Å². The minimum absolute atomic E-state index is 0.0201. The van der Waals surface area contributed by atoms with Crippen LogP contribution in [0.1, 0.15) is 21.5 Å². The first-order chi connectivity index (χ1) is 14.0. The van der Waals surface area contributed by atoms with Gasteiger partial charge in [0.05, 0.1) is 5.56 Å². The van der Waals surface area contributed by atoms with Crippen LogP contribution in [0.4, 0.5) is 5.69 Å². The van der Waals surface area contributed by atoms with Crippen molar-refractivity contribution in [3.05, 3.63) is 76.6 Å². The predicted octanol–water partition coefficient (Wildman–Crippen LogP) is 4.38. The molecule has 2 aromatic carbocycles. The molecule has 1 aliphatic heterocycles. The lowest BCUT2D eigenvalue weighted by Crippen LogP contribution is -2.49. The molecule has 5 nitrogen and oxygen atoms in total. The molecule has 1 amide bonds. The first kappa shape index (κ1) is 19.4. The highest BCUT2D eigenvalue weighted by molar-refractivity contribution is 6.30. The quantitative estimate of drug-likeness (QED) is 0.647. The first-order valence-corrected chi connectivity index (χ1v) is 10.1. The summed E-state index contributed by atoms with van der Waals surface area (Å²) in [6.45, 7) is 7.30. The van der Waals surface area contributed by atoms with E-state index in [1.54, 1.807) is 24.5 Å². The second-order valence-corrected chi connectivity index (χ2v) is 7.74. The van der Waals surface area contributed by atoms with Crippen molar-refractivity contribution in [1.29, 1.82) is 0 Å². The average molecular weight is 407 g/mol. The Balaban J connectivity index is 1.42. The van der Waals surface area contributed by atoms with E-state index >= 15 is 0 Å². The molecular formula is C23H23ClN4O. The van der Waals surface area contributed by atoms with E-state index in [-0.39, 0.29) is 5.91 Å². The maximum absolute atomic E-state index is 12.9. The van der Waals surface area contributed by atoms with Gasteiger partial charge in [0, 0.05) is 54.8 Å². The number of rotatable bonds is 3. The van der Waals surface area contributed by atoms with E-state index in [1.165, 1.54) is 16.8 Å². The van der Waals surface area contributed by atoms with Crippen molar-refractivity contribution in [2.45, 2.75) is 13.8 Å². The number of carbonyl (C=O) groups is 1. The van der Waals surface area contributed by atoms with E-state index in [0.717, 1.165) is 18.7 Å². The molecule has 0 atom stereocenters. The van der Waals surface area contributed by atoms with Gasteiger partial charge in [-0.05, 0) is 55.3 Å². The molecule has 148 valence electrons. The van der Waals surface area contributed by atoms with Gasteiger partial charge in [0.25, 0.3) is 5.91 Å². The van der Waals surface area contributed by atoms with Crippen molar-refractivity contribution >= 4 is 23.2 Å². The Kier molecular flexibility index (Phi) is 5.49. The molecule has 4 rings (SSSR count).